The van der Waals surface area contributed by atoms with Crippen LogP contribution in [-0.4, -0.2) is 43.5 Å². The number of nitrogens with zero attached hydrogens (tertiary/aromatic N) is 1. The van der Waals surface area contributed by atoms with E-state index in [-0.39, 0.29) is 11.9 Å². The van der Waals surface area contributed by atoms with Gasteiger partial charge in [-0.1, -0.05) is 0 Å². The van der Waals surface area contributed by atoms with Crippen molar-refractivity contribution in [2.75, 3.05) is 26.7 Å². The summed E-state index contributed by atoms with van der Waals surface area (Å²) in [6.07, 6.45) is 3.60. The molecule has 1 fully saturated rings. The highest BCUT2D eigenvalue weighted by molar-refractivity contribution is 5.80. The monoisotopic (exact) mass is 213 g/mol. The molecule has 0 aliphatic carbocycles. The fraction of sp³-hybridized carbons (Fsp3) is 0.909. The Labute approximate surface area is 92.2 Å². The molecule has 3 N–H and O–H groups in total. The van der Waals surface area contributed by atoms with E-state index in [0.29, 0.717) is 0 Å². The van der Waals surface area contributed by atoms with Crippen molar-refractivity contribution < 1.29 is 4.79 Å². The zero-order valence-corrected chi connectivity index (χ0v) is 9.83. The van der Waals surface area contributed by atoms with Crippen LogP contribution < -0.4 is 11.1 Å². The Morgan fingerprint density at radius 1 is 1.53 bits per heavy atom. The van der Waals surface area contributed by atoms with Crippen molar-refractivity contribution in [2.45, 2.75) is 32.2 Å². The van der Waals surface area contributed by atoms with Crippen molar-refractivity contribution in [3.05, 3.63) is 0 Å². The molecular formula is C11H23N3O. The van der Waals surface area contributed by atoms with Gasteiger partial charge in [0.25, 0.3) is 0 Å². The van der Waals surface area contributed by atoms with Gasteiger partial charge in [-0.2, -0.15) is 0 Å². The number of amides is 1. The Hall–Kier alpha value is -0.610. The normalized spacial score (nSPS) is 21.3. The molecule has 0 bridgehead atoms. The number of carbonyl (C=O) groups excluding carboxylic acids is 1. The maximum Gasteiger partial charge on any atom is 0.236 e. The van der Waals surface area contributed by atoms with Crippen molar-refractivity contribution in [1.29, 1.82) is 0 Å². The van der Waals surface area contributed by atoms with Crippen LogP contribution in [-0.2, 0) is 4.79 Å². The second kappa shape index (κ2) is 6.08. The summed E-state index contributed by atoms with van der Waals surface area (Å²) in [6.45, 7) is 4.86. The number of carbonyl (C=O) groups is 1. The van der Waals surface area contributed by atoms with Crippen LogP contribution in [0.3, 0.4) is 0 Å². The lowest BCUT2D eigenvalue weighted by molar-refractivity contribution is -0.122. The van der Waals surface area contributed by atoms with Gasteiger partial charge in [0.15, 0.2) is 0 Å². The van der Waals surface area contributed by atoms with E-state index in [1.807, 2.05) is 0 Å². The molecule has 0 spiro atoms. The lowest BCUT2D eigenvalue weighted by Gasteiger charge is -2.28. The van der Waals surface area contributed by atoms with Crippen molar-refractivity contribution >= 4 is 5.91 Å². The second-order valence-electron chi connectivity index (χ2n) is 4.62. The van der Waals surface area contributed by atoms with Crippen LogP contribution in [0.5, 0.6) is 0 Å². The smallest absolute Gasteiger partial charge is 0.236 e. The van der Waals surface area contributed by atoms with E-state index in [1.165, 1.54) is 25.9 Å². The summed E-state index contributed by atoms with van der Waals surface area (Å²) < 4.78 is 0. The summed E-state index contributed by atoms with van der Waals surface area (Å²) in [4.78, 5) is 13.6. The second-order valence-corrected chi connectivity index (χ2v) is 4.62. The van der Waals surface area contributed by atoms with Gasteiger partial charge < -0.3 is 16.0 Å². The molecule has 1 aliphatic rings. The van der Waals surface area contributed by atoms with E-state index in [9.17, 15) is 4.79 Å². The number of nitrogens with one attached hydrogen (secondary N) is 1. The standard InChI is InChI=1S/C11H23N3O/c1-9(12)11(15)13-6-3-10-4-7-14(2)8-5-10/h9-10H,3-8,12H2,1-2H3,(H,13,15)/t9-/m1/s1. The van der Waals surface area contributed by atoms with Gasteiger partial charge in [-0.3, -0.25) is 4.79 Å². The van der Waals surface area contributed by atoms with E-state index in [1.54, 1.807) is 6.92 Å². The van der Waals surface area contributed by atoms with Gasteiger partial charge in [0.05, 0.1) is 6.04 Å². The average Bonchev–Trinajstić information content (AvgIpc) is 2.20. The number of rotatable bonds is 4. The average molecular weight is 213 g/mol. The first-order valence-electron chi connectivity index (χ1n) is 5.81. The third-order valence-corrected chi connectivity index (χ3v) is 3.10. The van der Waals surface area contributed by atoms with Gasteiger partial charge in [0.1, 0.15) is 0 Å². The largest absolute Gasteiger partial charge is 0.355 e. The zero-order chi connectivity index (χ0) is 11.3. The van der Waals surface area contributed by atoms with E-state index in [2.05, 4.69) is 17.3 Å². The third-order valence-electron chi connectivity index (χ3n) is 3.10. The lowest BCUT2D eigenvalue weighted by atomic mass is 9.94. The van der Waals surface area contributed by atoms with Crippen molar-refractivity contribution in [3.8, 4) is 0 Å². The number of nitrogens with two attached hydrogens (primary N) is 1. The number of hydrogen-bond acceptors (Lipinski definition) is 3. The molecule has 4 nitrogen and oxygen atoms in total. The summed E-state index contributed by atoms with van der Waals surface area (Å²) >= 11 is 0. The molecule has 15 heavy (non-hydrogen) atoms. The van der Waals surface area contributed by atoms with E-state index in [0.717, 1.165) is 18.9 Å². The highest BCUT2D eigenvalue weighted by atomic mass is 16.2. The highest BCUT2D eigenvalue weighted by Crippen LogP contribution is 2.18. The minimum absolute atomic E-state index is 0.0390. The first-order valence-corrected chi connectivity index (χ1v) is 5.81. The van der Waals surface area contributed by atoms with Gasteiger partial charge in [-0.15, -0.1) is 0 Å². The molecule has 0 aromatic carbocycles. The molecule has 1 amide bonds. The van der Waals surface area contributed by atoms with E-state index < -0.39 is 0 Å². The fourth-order valence-electron chi connectivity index (χ4n) is 1.91. The van der Waals surface area contributed by atoms with Crippen LogP contribution in [0.2, 0.25) is 0 Å². The molecular weight excluding hydrogens is 190 g/mol. The van der Waals surface area contributed by atoms with Crippen LogP contribution >= 0.6 is 0 Å². The molecule has 1 saturated heterocycles. The first kappa shape index (κ1) is 12.5. The van der Waals surface area contributed by atoms with Gasteiger partial charge in [-0.05, 0) is 52.2 Å². The maximum absolute atomic E-state index is 11.2. The summed E-state index contributed by atoms with van der Waals surface area (Å²) in [5.41, 5.74) is 5.45. The number of piperidine rings is 1. The van der Waals surface area contributed by atoms with Crippen LogP contribution in [0.1, 0.15) is 26.2 Å². The Morgan fingerprint density at radius 2 is 2.13 bits per heavy atom. The maximum atomic E-state index is 11.2. The molecule has 88 valence electrons. The minimum atomic E-state index is -0.387. The Kier molecular flexibility index (Phi) is 5.05. The number of likely N-dealkylation sites (tertiary alicyclic amines) is 1. The van der Waals surface area contributed by atoms with Crippen molar-refractivity contribution in [1.82, 2.24) is 10.2 Å². The summed E-state index contributed by atoms with van der Waals surface area (Å²) in [7, 11) is 2.16. The Balaban J connectivity index is 2.08. The van der Waals surface area contributed by atoms with Gasteiger partial charge >= 0.3 is 0 Å². The molecule has 4 heteroatoms. The number of hydrogen-bond donors (Lipinski definition) is 2. The summed E-state index contributed by atoms with van der Waals surface area (Å²) in [5, 5.41) is 2.86. The van der Waals surface area contributed by atoms with Crippen molar-refractivity contribution in [2.24, 2.45) is 11.7 Å². The SMILES string of the molecule is C[C@@H](N)C(=O)NCCC1CCN(C)CC1. The first-order chi connectivity index (χ1) is 7.09. The Bertz CT molecular complexity index is 198. The molecule has 1 atom stereocenters. The molecule has 0 unspecified atom stereocenters. The van der Waals surface area contributed by atoms with Crippen molar-refractivity contribution in [3.63, 3.8) is 0 Å². The summed E-state index contributed by atoms with van der Waals surface area (Å²) in [6, 6.07) is -0.387. The molecule has 1 rings (SSSR count). The zero-order valence-electron chi connectivity index (χ0n) is 9.83. The van der Waals surface area contributed by atoms with Crippen LogP contribution in [0, 0.1) is 5.92 Å². The summed E-state index contributed by atoms with van der Waals surface area (Å²) in [5.74, 6) is 0.734. The molecule has 1 heterocycles. The van der Waals surface area contributed by atoms with Crippen LogP contribution in [0.4, 0.5) is 0 Å². The highest BCUT2D eigenvalue weighted by Gasteiger charge is 2.16. The quantitative estimate of drug-likeness (QED) is 0.700. The van der Waals surface area contributed by atoms with Gasteiger partial charge in [-0.25, -0.2) is 0 Å². The predicted molar refractivity (Wildman–Crippen MR) is 61.5 cm³/mol. The van der Waals surface area contributed by atoms with Crippen LogP contribution in [0.25, 0.3) is 0 Å². The predicted octanol–water partition coefficient (Wildman–Crippen LogP) is 0.182. The molecule has 1 aliphatic heterocycles. The molecule has 0 aromatic heterocycles. The molecule has 0 saturated carbocycles. The topological polar surface area (TPSA) is 58.4 Å². The Morgan fingerprint density at radius 3 is 2.67 bits per heavy atom. The fourth-order valence-corrected chi connectivity index (χ4v) is 1.91. The van der Waals surface area contributed by atoms with E-state index in [4.69, 9.17) is 5.73 Å². The minimum Gasteiger partial charge on any atom is -0.355 e. The van der Waals surface area contributed by atoms with E-state index >= 15 is 0 Å². The molecule has 0 aromatic rings. The molecule has 0 radical (unpaired) electrons. The lowest BCUT2D eigenvalue weighted by Crippen LogP contribution is -2.39. The third kappa shape index (κ3) is 4.62. The van der Waals surface area contributed by atoms with Gasteiger partial charge in [0, 0.05) is 6.54 Å². The van der Waals surface area contributed by atoms with Gasteiger partial charge in [0.2, 0.25) is 5.91 Å². The van der Waals surface area contributed by atoms with Crippen LogP contribution in [0.15, 0.2) is 0 Å².